The van der Waals surface area contributed by atoms with E-state index >= 15 is 0 Å². The molecule has 0 heterocycles. The maximum atomic E-state index is 13.2. The first kappa shape index (κ1) is 19.9. The van der Waals surface area contributed by atoms with Gasteiger partial charge in [-0.2, -0.15) is 13.3 Å². The van der Waals surface area contributed by atoms with Gasteiger partial charge in [-0.3, -0.25) is 4.79 Å². The van der Waals surface area contributed by atoms with Crippen LogP contribution >= 0.6 is 0 Å². The number of benzene rings is 3. The third kappa shape index (κ3) is 4.20. The van der Waals surface area contributed by atoms with Crippen LogP contribution in [0.2, 0.25) is 0 Å². The van der Waals surface area contributed by atoms with E-state index in [0.29, 0.717) is 11.1 Å². The zero-order chi connectivity index (χ0) is 20.2. The van der Waals surface area contributed by atoms with Crippen LogP contribution in [0.25, 0.3) is 0 Å². The van der Waals surface area contributed by atoms with Crippen molar-refractivity contribution in [3.8, 4) is 0 Å². The Bertz CT molecular complexity index is 1050. The minimum absolute atomic E-state index is 0.0549. The first-order chi connectivity index (χ1) is 13.3. The second kappa shape index (κ2) is 8.06. The van der Waals surface area contributed by atoms with Crippen LogP contribution < -0.4 is 0 Å². The van der Waals surface area contributed by atoms with Gasteiger partial charge in [0, 0.05) is 5.56 Å². The zero-order valence-electron chi connectivity index (χ0n) is 15.5. The Labute approximate surface area is 164 Å². The van der Waals surface area contributed by atoms with E-state index in [1.165, 1.54) is 19.1 Å². The molecule has 0 aliphatic rings. The SMILES string of the molecule is Cc1ccc(S(=O)(=O)OOC(C)(C(=O)c2ccccc2)c2ccccc2)cc1. The molecule has 3 aromatic rings. The second-order valence-corrected chi connectivity index (χ2v) is 8.03. The van der Waals surface area contributed by atoms with Crippen molar-refractivity contribution >= 4 is 15.9 Å². The fourth-order valence-electron chi connectivity index (χ4n) is 2.70. The van der Waals surface area contributed by atoms with Gasteiger partial charge in [-0.15, -0.1) is 4.33 Å². The molecule has 0 N–H and O–H groups in total. The van der Waals surface area contributed by atoms with E-state index in [9.17, 15) is 13.2 Å². The number of hydrogen-bond donors (Lipinski definition) is 0. The zero-order valence-corrected chi connectivity index (χ0v) is 16.3. The van der Waals surface area contributed by atoms with Crippen LogP contribution in [0.15, 0.2) is 89.8 Å². The first-order valence-corrected chi connectivity index (χ1v) is 10.1. The molecule has 28 heavy (non-hydrogen) atoms. The molecule has 0 spiro atoms. The van der Waals surface area contributed by atoms with Gasteiger partial charge in [-0.1, -0.05) is 78.4 Å². The summed E-state index contributed by atoms with van der Waals surface area (Å²) in [6.45, 7) is 3.33. The van der Waals surface area contributed by atoms with Gasteiger partial charge in [0.15, 0.2) is 5.60 Å². The molecule has 0 aliphatic heterocycles. The predicted molar refractivity (Wildman–Crippen MR) is 105 cm³/mol. The summed E-state index contributed by atoms with van der Waals surface area (Å²) < 4.78 is 29.9. The van der Waals surface area contributed by atoms with Gasteiger partial charge in [0.05, 0.1) is 4.90 Å². The van der Waals surface area contributed by atoms with Crippen molar-refractivity contribution < 1.29 is 22.4 Å². The lowest BCUT2D eigenvalue weighted by Gasteiger charge is -2.27. The molecule has 0 aromatic heterocycles. The van der Waals surface area contributed by atoms with Crippen molar-refractivity contribution in [1.82, 2.24) is 0 Å². The van der Waals surface area contributed by atoms with E-state index in [2.05, 4.69) is 0 Å². The van der Waals surface area contributed by atoms with Gasteiger partial charge in [0.1, 0.15) is 0 Å². The Morgan fingerprint density at radius 2 is 1.36 bits per heavy atom. The Balaban J connectivity index is 1.94. The molecule has 5 nitrogen and oxygen atoms in total. The number of ketones is 1. The number of Topliss-reactive ketones (excluding diaryl/α,β-unsaturated/α-hetero) is 1. The van der Waals surface area contributed by atoms with E-state index in [0.717, 1.165) is 5.56 Å². The Kier molecular flexibility index (Phi) is 5.74. The van der Waals surface area contributed by atoms with Gasteiger partial charge >= 0.3 is 10.1 Å². The van der Waals surface area contributed by atoms with E-state index < -0.39 is 21.5 Å². The molecular weight excluding hydrogens is 376 g/mol. The van der Waals surface area contributed by atoms with Gasteiger partial charge in [-0.05, 0) is 31.5 Å². The van der Waals surface area contributed by atoms with Crippen molar-refractivity contribution in [2.75, 3.05) is 0 Å². The molecule has 0 radical (unpaired) electrons. The molecule has 3 aromatic carbocycles. The minimum Gasteiger partial charge on any atom is -0.290 e. The van der Waals surface area contributed by atoms with Gasteiger partial charge < -0.3 is 0 Å². The van der Waals surface area contributed by atoms with Crippen LogP contribution in [0, 0.1) is 6.92 Å². The fourth-order valence-corrected chi connectivity index (χ4v) is 3.47. The van der Waals surface area contributed by atoms with Crippen molar-refractivity contribution in [1.29, 1.82) is 0 Å². The molecule has 0 aliphatic carbocycles. The molecule has 144 valence electrons. The molecule has 0 saturated heterocycles. The highest BCUT2D eigenvalue weighted by Crippen LogP contribution is 2.31. The van der Waals surface area contributed by atoms with Crippen LogP contribution in [-0.4, -0.2) is 14.2 Å². The maximum Gasteiger partial charge on any atom is 0.323 e. The quantitative estimate of drug-likeness (QED) is 0.336. The maximum absolute atomic E-state index is 13.2. The summed E-state index contributed by atoms with van der Waals surface area (Å²) in [7, 11) is -4.21. The molecule has 0 fully saturated rings. The standard InChI is InChI=1S/C22H20O5S/c1-17-13-15-20(16-14-17)28(24,25)27-26-22(2,19-11-7-4-8-12-19)21(23)18-9-5-3-6-10-18/h3-16H,1-2H3. The van der Waals surface area contributed by atoms with Gasteiger partial charge in [-0.25, -0.2) is 0 Å². The van der Waals surface area contributed by atoms with Crippen LogP contribution in [0.1, 0.15) is 28.4 Å². The van der Waals surface area contributed by atoms with E-state index in [-0.39, 0.29) is 4.90 Å². The van der Waals surface area contributed by atoms with Crippen molar-refractivity contribution in [3.05, 3.63) is 102 Å². The number of carbonyl (C=O) groups excluding carboxylic acids is 1. The molecule has 0 saturated carbocycles. The second-order valence-electron chi connectivity index (χ2n) is 6.51. The molecule has 6 heteroatoms. The van der Waals surface area contributed by atoms with Crippen molar-refractivity contribution in [3.63, 3.8) is 0 Å². The Hall–Kier alpha value is -2.80. The lowest BCUT2D eigenvalue weighted by atomic mass is 9.88. The molecular formula is C22H20O5S. The molecule has 1 unspecified atom stereocenters. The van der Waals surface area contributed by atoms with Crippen molar-refractivity contribution in [2.45, 2.75) is 24.3 Å². The van der Waals surface area contributed by atoms with Crippen LogP contribution in [0.3, 0.4) is 0 Å². The topological polar surface area (TPSA) is 69.7 Å². The van der Waals surface area contributed by atoms with E-state index in [1.807, 2.05) is 6.92 Å². The highest BCUT2D eigenvalue weighted by molar-refractivity contribution is 7.86. The van der Waals surface area contributed by atoms with Crippen LogP contribution in [0.4, 0.5) is 0 Å². The normalized spacial score (nSPS) is 13.6. The summed E-state index contributed by atoms with van der Waals surface area (Å²) >= 11 is 0. The first-order valence-electron chi connectivity index (χ1n) is 8.67. The fraction of sp³-hybridized carbons (Fsp3) is 0.136. The third-order valence-electron chi connectivity index (χ3n) is 4.39. The summed E-state index contributed by atoms with van der Waals surface area (Å²) in [6.07, 6.45) is 0. The summed E-state index contributed by atoms with van der Waals surface area (Å²) in [6, 6.07) is 23.3. The highest BCUT2D eigenvalue weighted by atomic mass is 32.2. The average molecular weight is 396 g/mol. The number of carbonyl (C=O) groups is 1. The van der Waals surface area contributed by atoms with Crippen molar-refractivity contribution in [2.24, 2.45) is 0 Å². The van der Waals surface area contributed by atoms with Gasteiger partial charge in [0.2, 0.25) is 5.78 Å². The summed E-state index contributed by atoms with van der Waals surface area (Å²) in [5.74, 6) is -0.418. The largest absolute Gasteiger partial charge is 0.323 e. The number of aryl methyl sites for hydroxylation is 1. The molecule has 0 amide bonds. The van der Waals surface area contributed by atoms with Crippen LogP contribution in [-0.2, 0) is 24.9 Å². The predicted octanol–water partition coefficient (Wildman–Crippen LogP) is 4.43. The average Bonchev–Trinajstić information content (AvgIpc) is 2.73. The lowest BCUT2D eigenvalue weighted by molar-refractivity contribution is -0.268. The van der Waals surface area contributed by atoms with E-state index in [1.54, 1.807) is 72.8 Å². The molecule has 3 rings (SSSR count). The Morgan fingerprint density at radius 3 is 1.93 bits per heavy atom. The van der Waals surface area contributed by atoms with Crippen LogP contribution in [0.5, 0.6) is 0 Å². The van der Waals surface area contributed by atoms with E-state index in [4.69, 9.17) is 9.22 Å². The minimum atomic E-state index is -4.21. The molecule has 1 atom stereocenters. The molecule has 0 bridgehead atoms. The highest BCUT2D eigenvalue weighted by Gasteiger charge is 2.40. The lowest BCUT2D eigenvalue weighted by Crippen LogP contribution is -2.36. The smallest absolute Gasteiger partial charge is 0.290 e. The number of rotatable bonds is 7. The monoisotopic (exact) mass is 396 g/mol. The van der Waals surface area contributed by atoms with Gasteiger partial charge in [0.25, 0.3) is 0 Å². The Morgan fingerprint density at radius 1 is 0.821 bits per heavy atom. The summed E-state index contributed by atoms with van der Waals surface area (Å²) in [4.78, 5) is 18.5. The summed E-state index contributed by atoms with van der Waals surface area (Å²) in [5.41, 5.74) is 0.113. The third-order valence-corrected chi connectivity index (χ3v) is 5.49. The summed E-state index contributed by atoms with van der Waals surface area (Å²) in [5, 5.41) is 0. The number of hydrogen-bond acceptors (Lipinski definition) is 5.